The summed E-state index contributed by atoms with van der Waals surface area (Å²) in [6, 6.07) is 12.0. The van der Waals surface area contributed by atoms with E-state index in [4.69, 9.17) is 14.7 Å². The minimum absolute atomic E-state index is 0.00198. The molecule has 34 heavy (non-hydrogen) atoms. The van der Waals surface area contributed by atoms with Crippen molar-refractivity contribution in [3.8, 4) is 11.5 Å². The number of anilines is 1. The molecular formula is C24H28N2O8. The number of aliphatic hydroxyl groups excluding tert-OH is 1. The monoisotopic (exact) mass is 472 g/mol. The van der Waals surface area contributed by atoms with Crippen molar-refractivity contribution in [1.82, 2.24) is 5.32 Å². The number of aryl methyl sites for hydroxylation is 1. The van der Waals surface area contributed by atoms with Crippen LogP contribution in [-0.4, -0.2) is 53.0 Å². The van der Waals surface area contributed by atoms with E-state index >= 15 is 0 Å². The molecule has 0 saturated carbocycles. The summed E-state index contributed by atoms with van der Waals surface area (Å²) in [6.07, 6.45) is 2.17. The van der Waals surface area contributed by atoms with Gasteiger partial charge < -0.3 is 24.9 Å². The lowest BCUT2D eigenvalue weighted by Crippen LogP contribution is -2.38. The average Bonchev–Trinajstić information content (AvgIpc) is 2.81. The molecule has 1 amide bonds. The van der Waals surface area contributed by atoms with E-state index in [-0.39, 0.29) is 30.3 Å². The summed E-state index contributed by atoms with van der Waals surface area (Å²) in [4.78, 5) is 38.3. The number of aliphatic carboxylic acids is 1. The Kier molecular flexibility index (Phi) is 10.1. The van der Waals surface area contributed by atoms with E-state index in [0.717, 1.165) is 24.2 Å². The largest absolute Gasteiger partial charge is 0.506 e. The molecular weight excluding hydrogens is 444 g/mol. The molecule has 0 bridgehead atoms. The van der Waals surface area contributed by atoms with Gasteiger partial charge in [0, 0.05) is 24.6 Å². The highest BCUT2D eigenvalue weighted by Gasteiger charge is 2.17. The molecule has 0 aliphatic rings. The zero-order chi connectivity index (χ0) is 25.1. The molecule has 0 aliphatic heterocycles. The second kappa shape index (κ2) is 13.0. The van der Waals surface area contributed by atoms with E-state index < -0.39 is 18.2 Å². The molecule has 10 heteroatoms. The number of aromatic hydroxyl groups is 1. The Morgan fingerprint density at radius 2 is 1.79 bits per heavy atom. The summed E-state index contributed by atoms with van der Waals surface area (Å²) in [5.74, 6) is -2.04. The lowest BCUT2D eigenvalue weighted by molar-refractivity contribution is -0.142. The first-order valence-corrected chi connectivity index (χ1v) is 10.5. The molecule has 4 N–H and O–H groups in total. The highest BCUT2D eigenvalue weighted by atomic mass is 16.7. The number of amides is 1. The molecule has 0 heterocycles. The van der Waals surface area contributed by atoms with Crippen LogP contribution < -0.4 is 15.1 Å². The van der Waals surface area contributed by atoms with Crippen molar-refractivity contribution < 1.29 is 39.3 Å². The highest BCUT2D eigenvalue weighted by molar-refractivity contribution is 5.92. The van der Waals surface area contributed by atoms with E-state index in [1.54, 1.807) is 13.2 Å². The third kappa shape index (κ3) is 8.57. The maximum Gasteiger partial charge on any atom is 0.356 e. The van der Waals surface area contributed by atoms with Gasteiger partial charge in [-0.05, 0) is 55.2 Å². The van der Waals surface area contributed by atoms with Crippen molar-refractivity contribution >= 4 is 24.0 Å². The van der Waals surface area contributed by atoms with Crippen LogP contribution in [0.5, 0.6) is 11.5 Å². The molecule has 2 atom stereocenters. The van der Waals surface area contributed by atoms with Gasteiger partial charge in [0.2, 0.25) is 6.41 Å². The minimum Gasteiger partial charge on any atom is -0.506 e. The molecule has 2 aromatic rings. The number of rotatable bonds is 13. The van der Waals surface area contributed by atoms with Gasteiger partial charge >= 0.3 is 11.9 Å². The van der Waals surface area contributed by atoms with E-state index in [0.29, 0.717) is 22.8 Å². The second-order valence-corrected chi connectivity index (χ2v) is 7.51. The van der Waals surface area contributed by atoms with Crippen LogP contribution in [0.1, 0.15) is 24.5 Å². The van der Waals surface area contributed by atoms with Gasteiger partial charge in [0.1, 0.15) is 23.4 Å². The van der Waals surface area contributed by atoms with Crippen LogP contribution in [0.3, 0.4) is 0 Å². The smallest absolute Gasteiger partial charge is 0.356 e. The molecule has 0 saturated heterocycles. The number of benzene rings is 2. The summed E-state index contributed by atoms with van der Waals surface area (Å²) in [5, 5.41) is 32.6. The van der Waals surface area contributed by atoms with Crippen molar-refractivity contribution in [3.05, 3.63) is 65.7 Å². The number of phenolic OH excluding ortho intramolecular Hbond substituents is 1. The topological polar surface area (TPSA) is 146 Å². The lowest BCUT2D eigenvalue weighted by Gasteiger charge is -2.21. The Morgan fingerprint density at radius 1 is 1.12 bits per heavy atom. The van der Waals surface area contributed by atoms with Gasteiger partial charge in [-0.15, -0.1) is 5.06 Å². The van der Waals surface area contributed by atoms with Gasteiger partial charge in [-0.1, -0.05) is 18.2 Å². The van der Waals surface area contributed by atoms with Gasteiger partial charge in [0.05, 0.1) is 7.11 Å². The van der Waals surface area contributed by atoms with Crippen molar-refractivity contribution in [1.29, 1.82) is 0 Å². The molecule has 2 aromatic carbocycles. The zero-order valence-corrected chi connectivity index (χ0v) is 18.9. The fraction of sp³-hybridized carbons (Fsp3) is 0.292. The third-order valence-electron chi connectivity index (χ3n) is 4.85. The number of methoxy groups -OCH3 is 1. The molecule has 0 aromatic heterocycles. The van der Waals surface area contributed by atoms with Gasteiger partial charge in [-0.25, -0.2) is 9.59 Å². The second-order valence-electron chi connectivity index (χ2n) is 7.51. The molecule has 182 valence electrons. The molecule has 0 fully saturated rings. The summed E-state index contributed by atoms with van der Waals surface area (Å²) in [6.45, 7) is 1.95. The minimum atomic E-state index is -1.36. The first-order valence-electron chi connectivity index (χ1n) is 10.5. The van der Waals surface area contributed by atoms with E-state index in [2.05, 4.69) is 5.32 Å². The molecule has 2 rings (SSSR count). The van der Waals surface area contributed by atoms with Gasteiger partial charge in [0.25, 0.3) is 0 Å². The van der Waals surface area contributed by atoms with E-state index in [1.165, 1.54) is 12.1 Å². The number of carbonyl (C=O) groups is 3. The van der Waals surface area contributed by atoms with Crippen LogP contribution in [0.4, 0.5) is 5.69 Å². The quantitative estimate of drug-likeness (QED) is 0.149. The Balaban J connectivity index is 1.95. The number of carboxylic acids is 1. The Hall–Kier alpha value is -3.89. The van der Waals surface area contributed by atoms with Crippen molar-refractivity contribution in [2.75, 3.05) is 12.2 Å². The average molecular weight is 472 g/mol. The SMILES string of the molecule is COc1ccc(CCC(C)NC(O)Cc2ccc(O)c(N(C=O)OC(=O)/C=C/C(=O)O)c2)cc1. The molecule has 10 nitrogen and oxygen atoms in total. The number of carboxylic acid groups (broad SMARTS) is 1. The Labute approximate surface area is 197 Å². The number of nitrogens with one attached hydrogen (secondary N) is 1. The molecule has 0 aliphatic carbocycles. The van der Waals surface area contributed by atoms with Gasteiger partial charge in [-0.2, -0.15) is 0 Å². The Morgan fingerprint density at radius 3 is 2.41 bits per heavy atom. The normalized spacial score (nSPS) is 12.7. The summed E-state index contributed by atoms with van der Waals surface area (Å²) in [5.41, 5.74) is 1.57. The summed E-state index contributed by atoms with van der Waals surface area (Å²) in [7, 11) is 1.61. The van der Waals surface area contributed by atoms with Crippen LogP contribution in [0.25, 0.3) is 0 Å². The van der Waals surface area contributed by atoms with Crippen LogP contribution in [0, 0.1) is 0 Å². The fourth-order valence-electron chi connectivity index (χ4n) is 3.14. The van der Waals surface area contributed by atoms with Crippen LogP contribution in [-0.2, 0) is 32.1 Å². The number of carbonyl (C=O) groups excluding carboxylic acids is 2. The molecule has 0 spiro atoms. The van der Waals surface area contributed by atoms with Crippen molar-refractivity contribution in [3.63, 3.8) is 0 Å². The highest BCUT2D eigenvalue weighted by Crippen LogP contribution is 2.28. The summed E-state index contributed by atoms with van der Waals surface area (Å²) >= 11 is 0. The number of hydrogen-bond acceptors (Lipinski definition) is 8. The van der Waals surface area contributed by atoms with Crippen molar-refractivity contribution in [2.24, 2.45) is 0 Å². The first kappa shape index (κ1) is 26.4. The summed E-state index contributed by atoms with van der Waals surface area (Å²) < 4.78 is 5.15. The number of hydroxylamine groups is 1. The van der Waals surface area contributed by atoms with Crippen LogP contribution >= 0.6 is 0 Å². The number of aliphatic hydroxyl groups is 1. The van der Waals surface area contributed by atoms with E-state index in [1.807, 2.05) is 31.2 Å². The molecule has 2 unspecified atom stereocenters. The maximum absolute atomic E-state index is 11.7. The van der Waals surface area contributed by atoms with Crippen LogP contribution in [0.15, 0.2) is 54.6 Å². The van der Waals surface area contributed by atoms with E-state index in [9.17, 15) is 24.6 Å². The maximum atomic E-state index is 11.7. The third-order valence-corrected chi connectivity index (χ3v) is 4.85. The standard InChI is InChI=1S/C24H28N2O8/c1-16(3-4-17-5-8-19(33-2)9-6-17)25-22(29)14-18-7-10-21(28)20(13-18)26(15-27)34-24(32)12-11-23(30)31/h5-13,15-16,22,25,28-29H,3-4,14H2,1-2H3,(H,30,31)/b12-11+. The first-order chi connectivity index (χ1) is 16.2. The number of ether oxygens (including phenoxy) is 1. The number of hydrogen-bond donors (Lipinski definition) is 4. The molecule has 0 radical (unpaired) electrons. The zero-order valence-electron chi connectivity index (χ0n) is 18.9. The van der Waals surface area contributed by atoms with Crippen LogP contribution in [0.2, 0.25) is 0 Å². The fourth-order valence-corrected chi connectivity index (χ4v) is 3.14. The number of phenols is 1. The van der Waals surface area contributed by atoms with Gasteiger partial charge in [0.15, 0.2) is 0 Å². The predicted molar refractivity (Wildman–Crippen MR) is 123 cm³/mol. The lowest BCUT2D eigenvalue weighted by atomic mass is 10.0. The van der Waals surface area contributed by atoms with Gasteiger partial charge in [-0.3, -0.25) is 10.1 Å². The Bertz CT molecular complexity index is 1010. The number of nitrogens with zero attached hydrogens (tertiary/aromatic N) is 1. The predicted octanol–water partition coefficient (Wildman–Crippen LogP) is 1.93. The van der Waals surface area contributed by atoms with Crippen molar-refractivity contribution in [2.45, 2.75) is 38.5 Å².